The fourth-order valence-electron chi connectivity index (χ4n) is 0.787. The van der Waals surface area contributed by atoms with Crippen LogP contribution >= 0.6 is 0 Å². The lowest BCUT2D eigenvalue weighted by molar-refractivity contribution is 0.0945. The number of nitrogens with zero attached hydrogens (tertiary/aromatic N) is 1. The molecule has 0 aliphatic heterocycles. The van der Waals surface area contributed by atoms with Crippen molar-refractivity contribution in [2.24, 2.45) is 0 Å². The van der Waals surface area contributed by atoms with Gasteiger partial charge in [-0.05, 0) is 19.4 Å². The maximum Gasteiger partial charge on any atom is 0.0894 e. The first-order valence-corrected chi connectivity index (χ1v) is 4.18. The lowest BCUT2D eigenvalue weighted by atomic mass is 10.2. The van der Waals surface area contributed by atoms with Gasteiger partial charge in [0.2, 0.25) is 0 Å². The van der Waals surface area contributed by atoms with E-state index in [4.69, 9.17) is 15.5 Å². The van der Waals surface area contributed by atoms with Crippen molar-refractivity contribution in [2.45, 2.75) is 25.4 Å². The number of rotatable bonds is 7. The van der Waals surface area contributed by atoms with E-state index in [-0.39, 0.29) is 6.61 Å². The van der Waals surface area contributed by atoms with Gasteiger partial charge in [-0.2, -0.15) is 5.26 Å². The molecule has 12 heavy (non-hydrogen) atoms. The third-order valence-electron chi connectivity index (χ3n) is 1.48. The van der Waals surface area contributed by atoms with Gasteiger partial charge in [-0.1, -0.05) is 0 Å². The average molecular weight is 172 g/mol. The van der Waals surface area contributed by atoms with Crippen LogP contribution in [0.1, 0.15) is 19.3 Å². The fraction of sp³-hybridized carbons (Fsp3) is 0.875. The van der Waals surface area contributed by atoms with Crippen LogP contribution in [0.3, 0.4) is 0 Å². The molecule has 0 spiro atoms. The van der Waals surface area contributed by atoms with Crippen molar-refractivity contribution in [3.63, 3.8) is 0 Å². The molecule has 0 fully saturated rings. The Kier molecular flexibility index (Phi) is 8.02. The molecule has 1 unspecified atom stereocenters. The summed E-state index contributed by atoms with van der Waals surface area (Å²) in [4.78, 5) is 0. The highest BCUT2D eigenvalue weighted by Gasteiger charge is 1.98. The van der Waals surface area contributed by atoms with Gasteiger partial charge in [0.05, 0.1) is 18.8 Å². The van der Waals surface area contributed by atoms with E-state index >= 15 is 0 Å². The zero-order chi connectivity index (χ0) is 9.23. The second-order valence-corrected chi connectivity index (χ2v) is 2.66. The lowest BCUT2D eigenvalue weighted by Crippen LogP contribution is -2.29. The van der Waals surface area contributed by atoms with Crippen molar-refractivity contribution in [1.82, 2.24) is 5.32 Å². The number of nitriles is 1. The molecule has 0 bridgehead atoms. The molecular weight excluding hydrogens is 156 g/mol. The molecule has 0 aromatic rings. The van der Waals surface area contributed by atoms with E-state index in [9.17, 15) is 0 Å². The SMILES string of the molecule is N#CCCCCNCC(O)CO. The van der Waals surface area contributed by atoms with E-state index in [2.05, 4.69) is 11.4 Å². The average Bonchev–Trinajstić information content (AvgIpc) is 2.10. The highest BCUT2D eigenvalue weighted by molar-refractivity contribution is 4.68. The molecular formula is C8H16N2O2. The topological polar surface area (TPSA) is 76.3 Å². The van der Waals surface area contributed by atoms with E-state index < -0.39 is 6.10 Å². The molecule has 70 valence electrons. The van der Waals surface area contributed by atoms with Crippen LogP contribution in [0.4, 0.5) is 0 Å². The van der Waals surface area contributed by atoms with Gasteiger partial charge < -0.3 is 15.5 Å². The van der Waals surface area contributed by atoms with E-state index in [1.165, 1.54) is 0 Å². The van der Waals surface area contributed by atoms with Crippen molar-refractivity contribution in [1.29, 1.82) is 5.26 Å². The molecule has 0 rings (SSSR count). The van der Waals surface area contributed by atoms with Crippen LogP contribution in [0.5, 0.6) is 0 Å². The highest BCUT2D eigenvalue weighted by atomic mass is 16.3. The highest BCUT2D eigenvalue weighted by Crippen LogP contribution is 1.91. The molecule has 0 aliphatic rings. The van der Waals surface area contributed by atoms with E-state index in [1.807, 2.05) is 0 Å². The quantitative estimate of drug-likeness (QED) is 0.458. The molecule has 0 aliphatic carbocycles. The van der Waals surface area contributed by atoms with Gasteiger partial charge in [0.15, 0.2) is 0 Å². The van der Waals surface area contributed by atoms with E-state index in [0.29, 0.717) is 13.0 Å². The normalized spacial score (nSPS) is 12.4. The van der Waals surface area contributed by atoms with Gasteiger partial charge in [0, 0.05) is 13.0 Å². The summed E-state index contributed by atoms with van der Waals surface area (Å²) in [6, 6.07) is 2.06. The smallest absolute Gasteiger partial charge is 0.0894 e. The second kappa shape index (κ2) is 8.47. The van der Waals surface area contributed by atoms with Crippen LogP contribution < -0.4 is 5.32 Å². The Balaban J connectivity index is 2.96. The van der Waals surface area contributed by atoms with Crippen molar-refractivity contribution in [2.75, 3.05) is 19.7 Å². The Morgan fingerprint density at radius 3 is 2.75 bits per heavy atom. The Hall–Kier alpha value is -0.630. The van der Waals surface area contributed by atoms with Gasteiger partial charge in [0.25, 0.3) is 0 Å². The molecule has 0 aromatic heterocycles. The summed E-state index contributed by atoms with van der Waals surface area (Å²) >= 11 is 0. The van der Waals surface area contributed by atoms with Crippen molar-refractivity contribution >= 4 is 0 Å². The first kappa shape index (κ1) is 11.4. The first-order chi connectivity index (χ1) is 5.81. The van der Waals surface area contributed by atoms with Crippen molar-refractivity contribution in [3.8, 4) is 6.07 Å². The second-order valence-electron chi connectivity index (χ2n) is 2.66. The molecule has 3 N–H and O–H groups in total. The van der Waals surface area contributed by atoms with Gasteiger partial charge in [-0.15, -0.1) is 0 Å². The van der Waals surface area contributed by atoms with Gasteiger partial charge in [0.1, 0.15) is 0 Å². The number of hydrogen-bond donors (Lipinski definition) is 3. The maximum atomic E-state index is 8.90. The minimum atomic E-state index is -0.666. The van der Waals surface area contributed by atoms with Crippen LogP contribution in [0.15, 0.2) is 0 Å². The largest absolute Gasteiger partial charge is 0.394 e. The summed E-state index contributed by atoms with van der Waals surface area (Å²) in [5.41, 5.74) is 0. The summed E-state index contributed by atoms with van der Waals surface area (Å²) in [6.45, 7) is 1.01. The van der Waals surface area contributed by atoms with E-state index in [1.54, 1.807) is 0 Å². The fourth-order valence-corrected chi connectivity index (χ4v) is 0.787. The molecule has 4 heteroatoms. The van der Waals surface area contributed by atoms with Crippen LogP contribution in [0.2, 0.25) is 0 Å². The summed E-state index contributed by atoms with van der Waals surface area (Å²) in [5.74, 6) is 0. The molecule has 1 atom stereocenters. The standard InChI is InChI=1S/C8H16N2O2/c9-4-2-1-3-5-10-6-8(12)7-11/h8,10-12H,1-3,5-7H2. The Labute approximate surface area is 72.8 Å². The number of nitrogens with one attached hydrogen (secondary N) is 1. The summed E-state index contributed by atoms with van der Waals surface area (Å²) in [7, 11) is 0. The molecule has 0 aromatic carbocycles. The maximum absolute atomic E-state index is 8.90. The van der Waals surface area contributed by atoms with Crippen LogP contribution in [0.25, 0.3) is 0 Å². The number of aliphatic hydroxyl groups excluding tert-OH is 2. The van der Waals surface area contributed by atoms with Gasteiger partial charge in [-0.25, -0.2) is 0 Å². The predicted octanol–water partition coefficient (Wildman–Crippen LogP) is -0.377. The summed E-state index contributed by atoms with van der Waals surface area (Å²) in [6.07, 6.45) is 1.75. The van der Waals surface area contributed by atoms with Crippen LogP contribution in [-0.4, -0.2) is 36.0 Å². The minimum Gasteiger partial charge on any atom is -0.394 e. The van der Waals surface area contributed by atoms with Gasteiger partial charge >= 0.3 is 0 Å². The Morgan fingerprint density at radius 1 is 1.42 bits per heavy atom. The monoisotopic (exact) mass is 172 g/mol. The van der Waals surface area contributed by atoms with Crippen molar-refractivity contribution in [3.05, 3.63) is 0 Å². The van der Waals surface area contributed by atoms with Crippen LogP contribution in [-0.2, 0) is 0 Å². The first-order valence-electron chi connectivity index (χ1n) is 4.18. The third kappa shape index (κ3) is 7.48. The Morgan fingerprint density at radius 2 is 2.17 bits per heavy atom. The number of unbranched alkanes of at least 4 members (excludes halogenated alkanes) is 2. The van der Waals surface area contributed by atoms with Gasteiger partial charge in [-0.3, -0.25) is 0 Å². The zero-order valence-electron chi connectivity index (χ0n) is 7.16. The molecule has 0 radical (unpaired) electrons. The minimum absolute atomic E-state index is 0.203. The molecule has 0 heterocycles. The lowest BCUT2D eigenvalue weighted by Gasteiger charge is -2.07. The van der Waals surface area contributed by atoms with Crippen molar-refractivity contribution < 1.29 is 10.2 Å². The van der Waals surface area contributed by atoms with Crippen LogP contribution in [0, 0.1) is 11.3 Å². The molecule has 0 saturated heterocycles. The number of hydrogen-bond acceptors (Lipinski definition) is 4. The Bertz CT molecular complexity index is 134. The molecule has 0 saturated carbocycles. The predicted molar refractivity (Wildman–Crippen MR) is 45.4 cm³/mol. The van der Waals surface area contributed by atoms with E-state index in [0.717, 1.165) is 19.4 Å². The number of aliphatic hydroxyl groups is 2. The third-order valence-corrected chi connectivity index (χ3v) is 1.48. The summed E-state index contributed by atoms with van der Waals surface area (Å²) in [5, 5.41) is 28.5. The molecule has 4 nitrogen and oxygen atoms in total. The zero-order valence-corrected chi connectivity index (χ0v) is 7.16. The molecule has 0 amide bonds. The summed E-state index contributed by atoms with van der Waals surface area (Å²) < 4.78 is 0.